The molecule has 18 heavy (non-hydrogen) atoms. The molecule has 0 amide bonds. The Kier molecular flexibility index (Phi) is 5.13. The monoisotopic (exact) mass is 289 g/mol. The lowest BCUT2D eigenvalue weighted by Crippen LogP contribution is -2.16. The molecular formula is C13H17Cl2NO2. The molecule has 1 aromatic carbocycles. The van der Waals surface area contributed by atoms with Gasteiger partial charge in [-0.2, -0.15) is 0 Å². The van der Waals surface area contributed by atoms with Crippen LogP contribution >= 0.6 is 23.2 Å². The Morgan fingerprint density at radius 1 is 1.28 bits per heavy atom. The van der Waals surface area contributed by atoms with Crippen molar-refractivity contribution in [1.29, 1.82) is 0 Å². The number of hydrogen-bond donors (Lipinski definition) is 1. The van der Waals surface area contributed by atoms with Crippen molar-refractivity contribution < 1.29 is 9.47 Å². The number of benzene rings is 1. The second kappa shape index (κ2) is 6.62. The van der Waals surface area contributed by atoms with Crippen LogP contribution in [0.3, 0.4) is 0 Å². The maximum Gasteiger partial charge on any atom is 0.142 e. The van der Waals surface area contributed by atoms with Crippen LogP contribution in [-0.4, -0.2) is 26.4 Å². The van der Waals surface area contributed by atoms with Crippen LogP contribution in [0.2, 0.25) is 10.0 Å². The molecule has 2 rings (SSSR count). The molecular weight excluding hydrogens is 273 g/mol. The van der Waals surface area contributed by atoms with E-state index in [-0.39, 0.29) is 0 Å². The summed E-state index contributed by atoms with van der Waals surface area (Å²) < 4.78 is 10.6. The highest BCUT2D eigenvalue weighted by molar-refractivity contribution is 6.35. The van der Waals surface area contributed by atoms with Crippen molar-refractivity contribution in [3.63, 3.8) is 0 Å². The summed E-state index contributed by atoms with van der Waals surface area (Å²) in [5.41, 5.74) is 0.996. The molecule has 1 saturated carbocycles. The Balaban J connectivity index is 2.06. The van der Waals surface area contributed by atoms with E-state index < -0.39 is 0 Å². The summed E-state index contributed by atoms with van der Waals surface area (Å²) in [6.07, 6.45) is 2.49. The zero-order chi connectivity index (χ0) is 13.0. The van der Waals surface area contributed by atoms with Crippen molar-refractivity contribution in [2.75, 3.05) is 20.3 Å². The largest absolute Gasteiger partial charge is 0.489 e. The molecule has 100 valence electrons. The molecule has 1 aromatic rings. The first-order valence-corrected chi connectivity index (χ1v) is 6.79. The van der Waals surface area contributed by atoms with Gasteiger partial charge in [0.2, 0.25) is 0 Å². The van der Waals surface area contributed by atoms with E-state index in [1.807, 2.05) is 6.07 Å². The van der Waals surface area contributed by atoms with Crippen LogP contribution in [0.4, 0.5) is 0 Å². The zero-order valence-electron chi connectivity index (χ0n) is 10.3. The van der Waals surface area contributed by atoms with Crippen LogP contribution in [0.5, 0.6) is 5.75 Å². The van der Waals surface area contributed by atoms with Crippen molar-refractivity contribution >= 4 is 23.2 Å². The van der Waals surface area contributed by atoms with E-state index in [1.165, 1.54) is 12.8 Å². The molecule has 0 heterocycles. The lowest BCUT2D eigenvalue weighted by atomic mass is 10.2. The predicted octanol–water partition coefficient (Wildman–Crippen LogP) is 3.27. The number of hydrogen-bond acceptors (Lipinski definition) is 3. The summed E-state index contributed by atoms with van der Waals surface area (Å²) in [7, 11) is 1.64. The van der Waals surface area contributed by atoms with Gasteiger partial charge in [-0.25, -0.2) is 0 Å². The minimum atomic E-state index is 0.480. The SMILES string of the molecule is COCCOc1c(Cl)cc(Cl)cc1CNC1CC1. The van der Waals surface area contributed by atoms with Crippen LogP contribution in [0, 0.1) is 0 Å². The number of ether oxygens (including phenoxy) is 2. The zero-order valence-corrected chi connectivity index (χ0v) is 11.9. The summed E-state index contributed by atoms with van der Waals surface area (Å²) in [4.78, 5) is 0. The van der Waals surface area contributed by atoms with Gasteiger partial charge in [0.05, 0.1) is 11.6 Å². The quantitative estimate of drug-likeness (QED) is 0.782. The van der Waals surface area contributed by atoms with Gasteiger partial charge in [0, 0.05) is 30.3 Å². The summed E-state index contributed by atoms with van der Waals surface area (Å²) in [5, 5.41) is 4.61. The highest BCUT2D eigenvalue weighted by atomic mass is 35.5. The molecule has 3 nitrogen and oxygen atoms in total. The Morgan fingerprint density at radius 3 is 2.72 bits per heavy atom. The van der Waals surface area contributed by atoms with Crippen molar-refractivity contribution in [2.24, 2.45) is 0 Å². The van der Waals surface area contributed by atoms with Gasteiger partial charge in [-0.1, -0.05) is 23.2 Å². The Hall–Kier alpha value is -0.480. The van der Waals surface area contributed by atoms with Crippen molar-refractivity contribution in [3.05, 3.63) is 27.7 Å². The van der Waals surface area contributed by atoms with Gasteiger partial charge < -0.3 is 14.8 Å². The molecule has 1 aliphatic rings. The highest BCUT2D eigenvalue weighted by Gasteiger charge is 2.21. The number of nitrogens with one attached hydrogen (secondary N) is 1. The molecule has 1 fully saturated rings. The minimum absolute atomic E-state index is 0.480. The maximum atomic E-state index is 6.17. The van der Waals surface area contributed by atoms with E-state index >= 15 is 0 Å². The molecule has 0 spiro atoms. The highest BCUT2D eigenvalue weighted by Crippen LogP contribution is 2.33. The third-order valence-electron chi connectivity index (χ3n) is 2.78. The Labute approximate surface area is 117 Å². The first kappa shape index (κ1) is 13.9. The molecule has 1 N–H and O–H groups in total. The van der Waals surface area contributed by atoms with E-state index in [2.05, 4.69) is 5.32 Å². The van der Waals surface area contributed by atoms with Crippen LogP contribution in [-0.2, 0) is 11.3 Å². The van der Waals surface area contributed by atoms with Crippen LogP contribution < -0.4 is 10.1 Å². The summed E-state index contributed by atoms with van der Waals surface area (Å²) in [5.74, 6) is 0.700. The van der Waals surface area contributed by atoms with Gasteiger partial charge in [-0.15, -0.1) is 0 Å². The third-order valence-corrected chi connectivity index (χ3v) is 3.28. The first-order valence-electron chi connectivity index (χ1n) is 6.03. The fourth-order valence-electron chi connectivity index (χ4n) is 1.68. The fourth-order valence-corrected chi connectivity index (χ4v) is 2.27. The lowest BCUT2D eigenvalue weighted by molar-refractivity contribution is 0.145. The molecule has 5 heteroatoms. The minimum Gasteiger partial charge on any atom is -0.489 e. The summed E-state index contributed by atoms with van der Waals surface area (Å²) in [6.45, 7) is 1.75. The molecule has 0 aliphatic heterocycles. The van der Waals surface area contributed by atoms with E-state index in [4.69, 9.17) is 32.7 Å². The second-order valence-corrected chi connectivity index (χ2v) is 5.22. The molecule has 0 aromatic heterocycles. The molecule has 0 atom stereocenters. The first-order chi connectivity index (χ1) is 8.70. The molecule has 0 bridgehead atoms. The van der Waals surface area contributed by atoms with Crippen LogP contribution in [0.15, 0.2) is 12.1 Å². The predicted molar refractivity (Wildman–Crippen MR) is 73.7 cm³/mol. The van der Waals surface area contributed by atoms with E-state index in [1.54, 1.807) is 13.2 Å². The van der Waals surface area contributed by atoms with E-state index in [0.717, 1.165) is 12.1 Å². The Morgan fingerprint density at radius 2 is 2.06 bits per heavy atom. The maximum absolute atomic E-state index is 6.17. The fraction of sp³-hybridized carbons (Fsp3) is 0.538. The van der Waals surface area contributed by atoms with E-state index in [9.17, 15) is 0 Å². The van der Waals surface area contributed by atoms with Crippen molar-refractivity contribution in [2.45, 2.75) is 25.4 Å². The summed E-state index contributed by atoms with van der Waals surface area (Å²) >= 11 is 12.2. The molecule has 0 radical (unpaired) electrons. The van der Waals surface area contributed by atoms with Gasteiger partial charge in [0.25, 0.3) is 0 Å². The van der Waals surface area contributed by atoms with Gasteiger partial charge in [-0.3, -0.25) is 0 Å². The normalized spacial score (nSPS) is 14.8. The molecule has 1 aliphatic carbocycles. The number of rotatable bonds is 7. The topological polar surface area (TPSA) is 30.5 Å². The standard InChI is InChI=1S/C13H17Cl2NO2/c1-17-4-5-18-13-9(8-16-11-2-3-11)6-10(14)7-12(13)15/h6-7,11,16H,2-5,8H2,1H3. The smallest absolute Gasteiger partial charge is 0.142 e. The average Bonchev–Trinajstić information content (AvgIpc) is 3.13. The van der Waals surface area contributed by atoms with Crippen molar-refractivity contribution in [1.82, 2.24) is 5.32 Å². The third kappa shape index (κ3) is 4.02. The van der Waals surface area contributed by atoms with Crippen LogP contribution in [0.1, 0.15) is 18.4 Å². The van der Waals surface area contributed by atoms with Gasteiger partial charge in [-0.05, 0) is 25.0 Å². The Bertz CT molecular complexity index is 408. The van der Waals surface area contributed by atoms with E-state index in [0.29, 0.717) is 35.1 Å². The number of halogens is 2. The lowest BCUT2D eigenvalue weighted by Gasteiger charge is -2.14. The van der Waals surface area contributed by atoms with Gasteiger partial charge in [0.1, 0.15) is 12.4 Å². The van der Waals surface area contributed by atoms with Crippen molar-refractivity contribution in [3.8, 4) is 5.75 Å². The average molecular weight is 290 g/mol. The molecule has 0 unspecified atom stereocenters. The second-order valence-electron chi connectivity index (χ2n) is 4.37. The van der Waals surface area contributed by atoms with Crippen LogP contribution in [0.25, 0.3) is 0 Å². The van der Waals surface area contributed by atoms with Gasteiger partial charge >= 0.3 is 0 Å². The van der Waals surface area contributed by atoms with Gasteiger partial charge in [0.15, 0.2) is 0 Å². The molecule has 0 saturated heterocycles. The summed E-state index contributed by atoms with van der Waals surface area (Å²) in [6, 6.07) is 4.23. The number of methoxy groups -OCH3 is 1.